The summed E-state index contributed by atoms with van der Waals surface area (Å²) in [4.78, 5) is 4.09. The van der Waals surface area contributed by atoms with Crippen molar-refractivity contribution in [3.05, 3.63) is 96.3 Å². The predicted molar refractivity (Wildman–Crippen MR) is 113 cm³/mol. The molecule has 0 aliphatic rings. The van der Waals surface area contributed by atoms with Gasteiger partial charge in [0.15, 0.2) is 0 Å². The third-order valence-electron chi connectivity index (χ3n) is 5.18. The molecule has 5 aromatic rings. The van der Waals surface area contributed by atoms with Crippen LogP contribution in [-0.4, -0.2) is 9.55 Å². The largest absolute Gasteiger partial charge is 0.309 e. The lowest BCUT2D eigenvalue weighted by Gasteiger charge is -2.14. The molecular weight excluding hydrogens is 356 g/mol. The lowest BCUT2D eigenvalue weighted by atomic mass is 10.0. The van der Waals surface area contributed by atoms with Gasteiger partial charge >= 0.3 is 0 Å². The lowest BCUT2D eigenvalue weighted by molar-refractivity contribution is 1.18. The van der Waals surface area contributed by atoms with E-state index < -0.39 is 0 Å². The molecule has 3 aromatic carbocycles. The third kappa shape index (κ3) is 2.56. The number of nitriles is 2. The van der Waals surface area contributed by atoms with Crippen LogP contribution >= 0.6 is 0 Å². The molecule has 0 aliphatic carbocycles. The summed E-state index contributed by atoms with van der Waals surface area (Å²) in [6.07, 6.45) is 3.30. The first-order chi connectivity index (χ1) is 14.3. The van der Waals surface area contributed by atoms with E-state index in [1.54, 1.807) is 12.4 Å². The molecule has 0 aliphatic heterocycles. The van der Waals surface area contributed by atoms with Gasteiger partial charge in [-0.05, 0) is 36.4 Å². The van der Waals surface area contributed by atoms with Gasteiger partial charge in [-0.3, -0.25) is 4.98 Å². The number of aromatic nitrogens is 2. The molecule has 0 spiro atoms. The maximum absolute atomic E-state index is 9.57. The smallest absolute Gasteiger partial charge is 0.101 e. The molecule has 0 bridgehead atoms. The zero-order valence-corrected chi connectivity index (χ0v) is 15.4. The Bertz CT molecular complexity index is 1480. The number of fused-ring (bicyclic) bond motifs is 3. The van der Waals surface area contributed by atoms with Crippen molar-refractivity contribution in [2.75, 3.05) is 0 Å². The third-order valence-corrected chi connectivity index (χ3v) is 5.18. The predicted octanol–water partition coefficient (Wildman–Crippen LogP) is 5.59. The maximum atomic E-state index is 9.57. The van der Waals surface area contributed by atoms with Crippen molar-refractivity contribution in [2.24, 2.45) is 0 Å². The molecule has 0 saturated carbocycles. The van der Waals surface area contributed by atoms with Crippen LogP contribution in [0.1, 0.15) is 11.1 Å². The topological polar surface area (TPSA) is 65.4 Å². The monoisotopic (exact) mass is 370 g/mol. The zero-order valence-electron chi connectivity index (χ0n) is 15.4. The minimum atomic E-state index is 0.535. The van der Waals surface area contributed by atoms with Gasteiger partial charge in [-0.2, -0.15) is 10.5 Å². The number of hydrogen-bond acceptors (Lipinski definition) is 3. The Morgan fingerprint density at radius 1 is 0.724 bits per heavy atom. The second-order valence-electron chi connectivity index (χ2n) is 6.75. The molecule has 0 saturated heterocycles. The molecule has 4 nitrogen and oxygen atoms in total. The highest BCUT2D eigenvalue weighted by atomic mass is 15.0. The van der Waals surface area contributed by atoms with E-state index in [0.29, 0.717) is 11.1 Å². The van der Waals surface area contributed by atoms with Crippen LogP contribution in [0.4, 0.5) is 0 Å². The summed E-state index contributed by atoms with van der Waals surface area (Å²) in [5.41, 5.74) is 6.02. The van der Waals surface area contributed by atoms with Crippen molar-refractivity contribution >= 4 is 21.8 Å². The minimum absolute atomic E-state index is 0.535. The van der Waals surface area contributed by atoms with Crippen LogP contribution in [0.15, 0.2) is 85.2 Å². The van der Waals surface area contributed by atoms with Gasteiger partial charge in [-0.1, -0.05) is 36.4 Å². The van der Waals surface area contributed by atoms with Gasteiger partial charge < -0.3 is 4.57 Å². The molecule has 0 atom stereocenters. The summed E-state index contributed by atoms with van der Waals surface area (Å²) in [5.74, 6) is 0. The molecule has 2 aromatic heterocycles. The molecule has 0 N–H and O–H groups in total. The van der Waals surface area contributed by atoms with Crippen molar-refractivity contribution in [1.29, 1.82) is 10.5 Å². The maximum Gasteiger partial charge on any atom is 0.101 e. The van der Waals surface area contributed by atoms with E-state index >= 15 is 0 Å². The van der Waals surface area contributed by atoms with E-state index in [2.05, 4.69) is 39.9 Å². The standard InChI is InChI=1S/C25H14N4/c26-14-17-9-10-25-22(13-17)21-6-2-4-8-24(21)29(25)23-7-3-1-5-20(23)19-11-12-28-16-18(19)15-27/h1-13,16H. The fourth-order valence-corrected chi connectivity index (χ4v) is 3.92. The van der Waals surface area contributed by atoms with Crippen LogP contribution in [0.2, 0.25) is 0 Å². The van der Waals surface area contributed by atoms with E-state index in [9.17, 15) is 10.5 Å². The first kappa shape index (κ1) is 16.7. The molecule has 4 heteroatoms. The van der Waals surface area contributed by atoms with E-state index in [-0.39, 0.29) is 0 Å². The molecule has 0 radical (unpaired) electrons. The van der Waals surface area contributed by atoms with E-state index in [0.717, 1.165) is 38.6 Å². The Morgan fingerprint density at radius 2 is 1.52 bits per heavy atom. The Balaban J connectivity index is 1.91. The Hall–Kier alpha value is -4.41. The molecule has 134 valence electrons. The van der Waals surface area contributed by atoms with Crippen LogP contribution in [0.3, 0.4) is 0 Å². The van der Waals surface area contributed by atoms with Gasteiger partial charge in [0.1, 0.15) is 6.07 Å². The SMILES string of the molecule is N#Cc1ccc2c(c1)c1ccccc1n2-c1ccccc1-c1ccncc1C#N. The fourth-order valence-electron chi connectivity index (χ4n) is 3.92. The van der Waals surface area contributed by atoms with Gasteiger partial charge in [0.25, 0.3) is 0 Å². The number of para-hydroxylation sites is 2. The second kappa shape index (κ2) is 6.64. The number of hydrogen-bond donors (Lipinski definition) is 0. The van der Waals surface area contributed by atoms with Gasteiger partial charge in [-0.25, -0.2) is 0 Å². The normalized spacial score (nSPS) is 10.7. The van der Waals surface area contributed by atoms with Crippen LogP contribution in [0.5, 0.6) is 0 Å². The minimum Gasteiger partial charge on any atom is -0.309 e. The van der Waals surface area contributed by atoms with E-state index in [1.807, 2.05) is 54.6 Å². The van der Waals surface area contributed by atoms with Gasteiger partial charge in [0.2, 0.25) is 0 Å². The molecule has 5 rings (SSSR count). The first-order valence-corrected chi connectivity index (χ1v) is 9.19. The first-order valence-electron chi connectivity index (χ1n) is 9.19. The number of rotatable bonds is 2. The van der Waals surface area contributed by atoms with Crippen LogP contribution in [0, 0.1) is 22.7 Å². The fraction of sp³-hybridized carbons (Fsp3) is 0. The summed E-state index contributed by atoms with van der Waals surface area (Å²) in [6, 6.07) is 28.3. The number of benzene rings is 3. The molecule has 29 heavy (non-hydrogen) atoms. The Kier molecular flexibility index (Phi) is 3.83. The van der Waals surface area contributed by atoms with Crippen LogP contribution in [0.25, 0.3) is 38.6 Å². The average Bonchev–Trinajstić information content (AvgIpc) is 3.12. The van der Waals surface area contributed by atoms with Crippen molar-refractivity contribution < 1.29 is 0 Å². The van der Waals surface area contributed by atoms with E-state index in [4.69, 9.17) is 0 Å². The molecule has 0 unspecified atom stereocenters. The molecule has 0 amide bonds. The Morgan fingerprint density at radius 3 is 2.38 bits per heavy atom. The van der Waals surface area contributed by atoms with Gasteiger partial charge in [-0.15, -0.1) is 0 Å². The van der Waals surface area contributed by atoms with Crippen molar-refractivity contribution in [1.82, 2.24) is 9.55 Å². The summed E-state index contributed by atoms with van der Waals surface area (Å²) >= 11 is 0. The lowest BCUT2D eigenvalue weighted by Crippen LogP contribution is -1.98. The van der Waals surface area contributed by atoms with Gasteiger partial charge in [0, 0.05) is 34.3 Å². The van der Waals surface area contributed by atoms with E-state index in [1.165, 1.54) is 0 Å². The summed E-state index contributed by atoms with van der Waals surface area (Å²) in [5, 5.41) is 21.0. The molecule has 0 fully saturated rings. The number of pyridine rings is 1. The highest BCUT2D eigenvalue weighted by Crippen LogP contribution is 2.36. The number of nitrogens with zero attached hydrogens (tertiary/aromatic N) is 4. The highest BCUT2D eigenvalue weighted by molar-refractivity contribution is 6.10. The quantitative estimate of drug-likeness (QED) is 0.407. The molecular formula is C25H14N4. The second-order valence-corrected chi connectivity index (χ2v) is 6.75. The van der Waals surface area contributed by atoms with Gasteiger partial charge in [0.05, 0.1) is 33.9 Å². The summed E-state index contributed by atoms with van der Waals surface area (Å²) < 4.78 is 2.20. The summed E-state index contributed by atoms with van der Waals surface area (Å²) in [7, 11) is 0. The zero-order chi connectivity index (χ0) is 19.8. The van der Waals surface area contributed by atoms with Crippen LogP contribution in [-0.2, 0) is 0 Å². The van der Waals surface area contributed by atoms with Crippen molar-refractivity contribution in [2.45, 2.75) is 0 Å². The van der Waals surface area contributed by atoms with Crippen LogP contribution < -0.4 is 0 Å². The molecule has 2 heterocycles. The highest BCUT2D eigenvalue weighted by Gasteiger charge is 2.16. The van der Waals surface area contributed by atoms with Crippen molar-refractivity contribution in [3.8, 4) is 29.0 Å². The van der Waals surface area contributed by atoms with Crippen molar-refractivity contribution in [3.63, 3.8) is 0 Å². The average molecular weight is 370 g/mol. The summed E-state index contributed by atoms with van der Waals surface area (Å²) in [6.45, 7) is 0. The Labute approximate surface area is 167 Å².